The second-order valence-corrected chi connectivity index (χ2v) is 1.81. The molecule has 0 saturated heterocycles. The lowest BCUT2D eigenvalue weighted by Gasteiger charge is -1.75. The summed E-state index contributed by atoms with van der Waals surface area (Å²) in [5.41, 5.74) is 0. The summed E-state index contributed by atoms with van der Waals surface area (Å²) < 4.78 is 4.90. The van der Waals surface area contributed by atoms with Gasteiger partial charge in [-0.15, -0.1) is 0 Å². The average Bonchev–Trinajstić information content (AvgIpc) is 2.67. The first kappa shape index (κ1) is 10.7. The highest BCUT2D eigenvalue weighted by molar-refractivity contribution is 5.45. The minimum absolute atomic E-state index is 0.705. The molecule has 1 heterocycles. The maximum Gasteiger partial charge on any atom is 0.127 e. The van der Waals surface area contributed by atoms with Gasteiger partial charge < -0.3 is 4.42 Å². The van der Waals surface area contributed by atoms with Crippen molar-refractivity contribution in [1.29, 1.82) is 10.5 Å². The number of rotatable bonds is 1. The minimum Gasteiger partial charge on any atom is -0.465 e. The smallest absolute Gasteiger partial charge is 0.127 e. The van der Waals surface area contributed by atoms with Crippen LogP contribution in [0.25, 0.3) is 6.08 Å². The molecule has 0 fully saturated rings. The molecule has 0 aliphatic rings. The Morgan fingerprint density at radius 3 is 2.46 bits per heavy atom. The molecule has 1 rings (SSSR count). The van der Waals surface area contributed by atoms with Gasteiger partial charge in [0.2, 0.25) is 0 Å². The molecule has 0 aliphatic heterocycles. The summed E-state index contributed by atoms with van der Waals surface area (Å²) in [7, 11) is 0. The zero-order chi connectivity index (χ0) is 9.94. The Labute approximate surface area is 76.8 Å². The monoisotopic (exact) mass is 172 g/mol. The van der Waals surface area contributed by atoms with E-state index >= 15 is 0 Å². The fourth-order valence-corrected chi connectivity index (χ4v) is 0.505. The predicted molar refractivity (Wildman–Crippen MR) is 49.2 cm³/mol. The topological polar surface area (TPSA) is 60.7 Å². The molecule has 1 aromatic heterocycles. The standard InChI is InChI=1S/C7H5NO.C3H3N/c8-5-1-3-7-4-2-6-9-7;1-2-3-4/h1-4,6H;2H,1H2. The van der Waals surface area contributed by atoms with E-state index in [1.54, 1.807) is 30.5 Å². The van der Waals surface area contributed by atoms with Gasteiger partial charge in [-0.3, -0.25) is 0 Å². The van der Waals surface area contributed by atoms with Crippen LogP contribution in [-0.4, -0.2) is 0 Å². The van der Waals surface area contributed by atoms with Crippen LogP contribution in [0.5, 0.6) is 0 Å². The van der Waals surface area contributed by atoms with Gasteiger partial charge in [-0.25, -0.2) is 0 Å². The number of furan rings is 1. The minimum atomic E-state index is 0.705. The van der Waals surface area contributed by atoms with Gasteiger partial charge in [0.05, 0.1) is 18.4 Å². The van der Waals surface area contributed by atoms with E-state index in [-0.39, 0.29) is 0 Å². The average molecular weight is 172 g/mol. The van der Waals surface area contributed by atoms with Crippen molar-refractivity contribution in [3.63, 3.8) is 0 Å². The summed E-state index contributed by atoms with van der Waals surface area (Å²) in [5, 5.41) is 15.6. The lowest BCUT2D eigenvalue weighted by atomic mass is 10.4. The predicted octanol–water partition coefficient (Wildman–Crippen LogP) is 2.51. The van der Waals surface area contributed by atoms with Crippen LogP contribution in [0.1, 0.15) is 5.76 Å². The molecule has 13 heavy (non-hydrogen) atoms. The van der Waals surface area contributed by atoms with Crippen LogP contribution in [0.4, 0.5) is 0 Å². The molecule has 0 spiro atoms. The largest absolute Gasteiger partial charge is 0.465 e. The molecule has 1 aromatic rings. The van der Waals surface area contributed by atoms with Gasteiger partial charge in [-0.2, -0.15) is 10.5 Å². The molecule has 0 aromatic carbocycles. The Hall–Kier alpha value is -2.26. The van der Waals surface area contributed by atoms with Crippen LogP contribution < -0.4 is 0 Å². The third kappa shape index (κ3) is 6.15. The normalized spacial score (nSPS) is 7.85. The highest BCUT2D eigenvalue weighted by atomic mass is 16.3. The van der Waals surface area contributed by atoms with E-state index < -0.39 is 0 Å². The zero-order valence-corrected chi connectivity index (χ0v) is 6.97. The molecular formula is C10H8N2O. The number of nitriles is 2. The van der Waals surface area contributed by atoms with Crippen molar-refractivity contribution in [3.05, 3.63) is 42.9 Å². The molecule has 0 saturated carbocycles. The summed E-state index contributed by atoms with van der Waals surface area (Å²) in [6.45, 7) is 3.12. The van der Waals surface area contributed by atoms with Crippen molar-refractivity contribution < 1.29 is 4.42 Å². The van der Waals surface area contributed by atoms with Gasteiger partial charge in [0.1, 0.15) is 5.76 Å². The summed E-state index contributed by atoms with van der Waals surface area (Å²) in [6, 6.07) is 7.12. The molecule has 0 unspecified atom stereocenters. The molecular weight excluding hydrogens is 164 g/mol. The molecule has 64 valence electrons. The van der Waals surface area contributed by atoms with E-state index in [1.807, 2.05) is 6.07 Å². The van der Waals surface area contributed by atoms with Gasteiger partial charge in [-0.05, 0) is 18.2 Å². The number of allylic oxidation sites excluding steroid dienone is 2. The number of nitrogens with zero attached hydrogens (tertiary/aromatic N) is 2. The Kier molecular flexibility index (Phi) is 6.48. The van der Waals surface area contributed by atoms with E-state index in [0.717, 1.165) is 0 Å². The fourth-order valence-electron chi connectivity index (χ4n) is 0.505. The molecule has 0 amide bonds. The first-order valence-corrected chi connectivity index (χ1v) is 3.45. The van der Waals surface area contributed by atoms with Gasteiger partial charge >= 0.3 is 0 Å². The maximum absolute atomic E-state index is 8.09. The Balaban J connectivity index is 0.000000310. The summed E-state index contributed by atoms with van der Waals surface area (Å²) in [4.78, 5) is 0. The zero-order valence-electron chi connectivity index (χ0n) is 6.97. The molecule has 0 aliphatic carbocycles. The molecule has 0 radical (unpaired) electrons. The Morgan fingerprint density at radius 2 is 2.08 bits per heavy atom. The highest BCUT2D eigenvalue weighted by Gasteiger charge is 1.83. The van der Waals surface area contributed by atoms with E-state index in [1.165, 1.54) is 12.2 Å². The van der Waals surface area contributed by atoms with Crippen LogP contribution in [-0.2, 0) is 0 Å². The molecule has 0 bridgehead atoms. The van der Waals surface area contributed by atoms with E-state index in [9.17, 15) is 0 Å². The van der Waals surface area contributed by atoms with Crippen molar-refractivity contribution in [2.45, 2.75) is 0 Å². The Morgan fingerprint density at radius 1 is 1.38 bits per heavy atom. The molecule has 3 heteroatoms. The lowest BCUT2D eigenvalue weighted by Crippen LogP contribution is -1.55. The van der Waals surface area contributed by atoms with Crippen LogP contribution >= 0.6 is 0 Å². The molecule has 0 atom stereocenters. The van der Waals surface area contributed by atoms with E-state index in [2.05, 4.69) is 6.58 Å². The third-order valence-electron chi connectivity index (χ3n) is 0.957. The first-order chi connectivity index (χ1) is 6.35. The summed E-state index contributed by atoms with van der Waals surface area (Å²) in [5.74, 6) is 0.705. The molecule has 0 N–H and O–H groups in total. The SMILES string of the molecule is C=CC#N.N#CC=Cc1ccco1. The first-order valence-electron chi connectivity index (χ1n) is 3.45. The second kappa shape index (κ2) is 7.84. The van der Waals surface area contributed by atoms with E-state index in [0.29, 0.717) is 5.76 Å². The van der Waals surface area contributed by atoms with Crippen LogP contribution in [0, 0.1) is 22.7 Å². The quantitative estimate of drug-likeness (QED) is 0.611. The maximum atomic E-state index is 8.09. The number of hydrogen-bond donors (Lipinski definition) is 0. The second-order valence-electron chi connectivity index (χ2n) is 1.81. The van der Waals surface area contributed by atoms with Gasteiger partial charge in [0.25, 0.3) is 0 Å². The third-order valence-corrected chi connectivity index (χ3v) is 0.957. The van der Waals surface area contributed by atoms with Gasteiger partial charge in [0.15, 0.2) is 0 Å². The van der Waals surface area contributed by atoms with Crippen LogP contribution in [0.15, 0.2) is 41.5 Å². The summed E-state index contributed by atoms with van der Waals surface area (Å²) >= 11 is 0. The van der Waals surface area contributed by atoms with Gasteiger partial charge in [-0.1, -0.05) is 6.58 Å². The molecule has 3 nitrogen and oxygen atoms in total. The summed E-state index contributed by atoms with van der Waals surface area (Å²) in [6.07, 6.45) is 5.73. The highest BCUT2D eigenvalue weighted by Crippen LogP contribution is 2.00. The van der Waals surface area contributed by atoms with Crippen molar-refractivity contribution in [1.82, 2.24) is 0 Å². The van der Waals surface area contributed by atoms with Crippen molar-refractivity contribution >= 4 is 6.08 Å². The van der Waals surface area contributed by atoms with Crippen molar-refractivity contribution in [2.75, 3.05) is 0 Å². The Bertz CT molecular complexity index is 336. The van der Waals surface area contributed by atoms with Crippen LogP contribution in [0.2, 0.25) is 0 Å². The lowest BCUT2D eigenvalue weighted by molar-refractivity contribution is 0.557. The van der Waals surface area contributed by atoms with Crippen LogP contribution in [0.3, 0.4) is 0 Å². The number of hydrogen-bond acceptors (Lipinski definition) is 3. The van der Waals surface area contributed by atoms with Crippen molar-refractivity contribution in [3.8, 4) is 12.1 Å². The van der Waals surface area contributed by atoms with Gasteiger partial charge in [0, 0.05) is 12.2 Å². The van der Waals surface area contributed by atoms with Crippen molar-refractivity contribution in [2.24, 2.45) is 0 Å². The van der Waals surface area contributed by atoms with E-state index in [4.69, 9.17) is 14.9 Å². The fraction of sp³-hybridized carbons (Fsp3) is 0.